The molecule has 0 amide bonds. The maximum absolute atomic E-state index is 9.15. The van der Waals surface area contributed by atoms with E-state index in [2.05, 4.69) is 36.2 Å². The predicted molar refractivity (Wildman–Crippen MR) is 79.2 cm³/mol. The Balaban J connectivity index is 1.92. The van der Waals surface area contributed by atoms with Gasteiger partial charge in [0.15, 0.2) is 0 Å². The summed E-state index contributed by atoms with van der Waals surface area (Å²) in [5, 5.41) is 12.6. The molecule has 3 nitrogen and oxygen atoms in total. The second-order valence-electron chi connectivity index (χ2n) is 5.79. The number of nitrogens with zero attached hydrogens (tertiary/aromatic N) is 2. The number of benzene rings is 1. The molecule has 1 atom stereocenters. The van der Waals surface area contributed by atoms with E-state index in [0.717, 1.165) is 23.4 Å². The number of nitrogens with one attached hydrogen (secondary N) is 1. The summed E-state index contributed by atoms with van der Waals surface area (Å²) in [5.41, 5.74) is 2.85. The van der Waals surface area contributed by atoms with Crippen molar-refractivity contribution in [3.63, 3.8) is 0 Å². The molecule has 1 aliphatic rings. The van der Waals surface area contributed by atoms with Crippen LogP contribution in [-0.4, -0.2) is 30.6 Å². The number of rotatable bonds is 4. The van der Waals surface area contributed by atoms with Gasteiger partial charge in [-0.1, -0.05) is 6.07 Å². The third-order valence-corrected chi connectivity index (χ3v) is 3.92. The molecule has 1 aliphatic heterocycles. The highest BCUT2D eigenvalue weighted by atomic mass is 15.2. The molecule has 19 heavy (non-hydrogen) atoms. The van der Waals surface area contributed by atoms with Gasteiger partial charge in [0.2, 0.25) is 0 Å². The summed E-state index contributed by atoms with van der Waals surface area (Å²) in [4.78, 5) is 2.52. The Hall–Kier alpha value is -1.53. The summed E-state index contributed by atoms with van der Waals surface area (Å²) in [5.74, 6) is 0.690. The number of hydrogen-bond acceptors (Lipinski definition) is 3. The lowest BCUT2D eigenvalue weighted by Gasteiger charge is -2.20. The SMILES string of the molecule is Cc1ccc(NCC2CCN(C(C)C)C2)c(C#N)c1. The molecule has 1 aromatic carbocycles. The first-order valence-electron chi connectivity index (χ1n) is 7.09. The average molecular weight is 257 g/mol. The molecule has 0 radical (unpaired) electrons. The highest BCUT2D eigenvalue weighted by Gasteiger charge is 2.23. The van der Waals surface area contributed by atoms with Gasteiger partial charge in [0, 0.05) is 19.1 Å². The van der Waals surface area contributed by atoms with Crippen molar-refractivity contribution in [3.8, 4) is 6.07 Å². The van der Waals surface area contributed by atoms with Crippen LogP contribution in [-0.2, 0) is 0 Å². The lowest BCUT2D eigenvalue weighted by Crippen LogP contribution is -2.29. The van der Waals surface area contributed by atoms with Crippen LogP contribution in [0.2, 0.25) is 0 Å². The van der Waals surface area contributed by atoms with E-state index in [4.69, 9.17) is 5.26 Å². The molecule has 0 aromatic heterocycles. The van der Waals surface area contributed by atoms with Gasteiger partial charge in [0.05, 0.1) is 11.3 Å². The fraction of sp³-hybridized carbons (Fsp3) is 0.562. The Labute approximate surface area is 116 Å². The first-order chi connectivity index (χ1) is 9.10. The Morgan fingerprint density at radius 3 is 2.89 bits per heavy atom. The Morgan fingerprint density at radius 2 is 2.26 bits per heavy atom. The zero-order chi connectivity index (χ0) is 13.8. The van der Waals surface area contributed by atoms with E-state index in [9.17, 15) is 0 Å². The fourth-order valence-corrected chi connectivity index (χ4v) is 2.66. The molecule has 1 aromatic rings. The van der Waals surface area contributed by atoms with Crippen molar-refractivity contribution in [3.05, 3.63) is 29.3 Å². The predicted octanol–water partition coefficient (Wildman–Crippen LogP) is 3.01. The van der Waals surface area contributed by atoms with Crippen LogP contribution in [0.5, 0.6) is 0 Å². The van der Waals surface area contributed by atoms with E-state index in [-0.39, 0.29) is 0 Å². The molecule has 0 bridgehead atoms. The van der Waals surface area contributed by atoms with Gasteiger partial charge in [0.1, 0.15) is 6.07 Å². The van der Waals surface area contributed by atoms with E-state index in [0.29, 0.717) is 12.0 Å². The van der Waals surface area contributed by atoms with E-state index in [1.165, 1.54) is 19.5 Å². The van der Waals surface area contributed by atoms with Gasteiger partial charge in [0.25, 0.3) is 0 Å². The Kier molecular flexibility index (Phi) is 4.44. The van der Waals surface area contributed by atoms with Gasteiger partial charge < -0.3 is 10.2 Å². The third-order valence-electron chi connectivity index (χ3n) is 3.92. The molecule has 0 saturated carbocycles. The molecule has 3 heteroatoms. The van der Waals surface area contributed by atoms with E-state index < -0.39 is 0 Å². The minimum absolute atomic E-state index is 0.638. The molecular formula is C16H23N3. The summed E-state index contributed by atoms with van der Waals surface area (Å²) < 4.78 is 0. The number of nitriles is 1. The molecule has 1 saturated heterocycles. The van der Waals surface area contributed by atoms with Crippen LogP contribution in [0.3, 0.4) is 0 Å². The van der Waals surface area contributed by atoms with Gasteiger partial charge in [-0.2, -0.15) is 5.26 Å². The van der Waals surface area contributed by atoms with Crippen molar-refractivity contribution in [2.75, 3.05) is 25.0 Å². The van der Waals surface area contributed by atoms with Crippen LogP contribution in [0.4, 0.5) is 5.69 Å². The van der Waals surface area contributed by atoms with Crippen molar-refractivity contribution in [2.45, 2.75) is 33.2 Å². The van der Waals surface area contributed by atoms with E-state index in [1.807, 2.05) is 19.1 Å². The zero-order valence-corrected chi connectivity index (χ0v) is 12.1. The molecule has 1 unspecified atom stereocenters. The third kappa shape index (κ3) is 3.48. The molecule has 0 aliphatic carbocycles. The van der Waals surface area contributed by atoms with Crippen molar-refractivity contribution in [2.24, 2.45) is 5.92 Å². The first-order valence-corrected chi connectivity index (χ1v) is 7.09. The maximum Gasteiger partial charge on any atom is 0.101 e. The molecule has 0 spiro atoms. The van der Waals surface area contributed by atoms with Crippen LogP contribution in [0.25, 0.3) is 0 Å². The largest absolute Gasteiger partial charge is 0.384 e. The Morgan fingerprint density at radius 1 is 1.47 bits per heavy atom. The van der Waals surface area contributed by atoms with Crippen molar-refractivity contribution in [1.82, 2.24) is 4.90 Å². The van der Waals surface area contributed by atoms with Crippen molar-refractivity contribution in [1.29, 1.82) is 5.26 Å². The van der Waals surface area contributed by atoms with Crippen LogP contribution in [0.15, 0.2) is 18.2 Å². The topological polar surface area (TPSA) is 39.1 Å². The molecular weight excluding hydrogens is 234 g/mol. The number of aryl methyl sites for hydroxylation is 1. The molecule has 1 N–H and O–H groups in total. The maximum atomic E-state index is 9.15. The van der Waals surface area contributed by atoms with Crippen LogP contribution in [0.1, 0.15) is 31.4 Å². The number of anilines is 1. The van der Waals surface area contributed by atoms with Crippen LogP contribution in [0, 0.1) is 24.2 Å². The normalized spacial score (nSPS) is 19.6. The molecule has 102 valence electrons. The number of hydrogen-bond donors (Lipinski definition) is 1. The minimum atomic E-state index is 0.638. The highest BCUT2D eigenvalue weighted by Crippen LogP contribution is 2.21. The summed E-state index contributed by atoms with van der Waals surface area (Å²) in [6, 6.07) is 8.92. The lowest BCUT2D eigenvalue weighted by atomic mass is 10.1. The average Bonchev–Trinajstić information content (AvgIpc) is 2.86. The van der Waals surface area contributed by atoms with Crippen molar-refractivity contribution < 1.29 is 0 Å². The van der Waals surface area contributed by atoms with Gasteiger partial charge in [-0.3, -0.25) is 0 Å². The lowest BCUT2D eigenvalue weighted by molar-refractivity contribution is 0.266. The zero-order valence-electron chi connectivity index (χ0n) is 12.1. The standard InChI is InChI=1S/C16H23N3/c1-12(2)19-7-6-14(11-19)10-18-16-5-4-13(3)8-15(16)9-17/h4-5,8,12,14,18H,6-7,10-11H2,1-3H3. The molecule has 2 rings (SSSR count). The van der Waals surface area contributed by atoms with Gasteiger partial charge in [-0.25, -0.2) is 0 Å². The van der Waals surface area contributed by atoms with Crippen LogP contribution >= 0.6 is 0 Å². The summed E-state index contributed by atoms with van der Waals surface area (Å²) in [6.07, 6.45) is 1.25. The summed E-state index contributed by atoms with van der Waals surface area (Å²) in [7, 11) is 0. The van der Waals surface area contributed by atoms with E-state index >= 15 is 0 Å². The smallest absolute Gasteiger partial charge is 0.101 e. The quantitative estimate of drug-likeness (QED) is 0.901. The highest BCUT2D eigenvalue weighted by molar-refractivity contribution is 5.58. The van der Waals surface area contributed by atoms with Gasteiger partial charge in [-0.05, 0) is 57.4 Å². The second kappa shape index (κ2) is 6.08. The Bertz CT molecular complexity index is 473. The van der Waals surface area contributed by atoms with Gasteiger partial charge in [-0.15, -0.1) is 0 Å². The minimum Gasteiger partial charge on any atom is -0.384 e. The van der Waals surface area contributed by atoms with E-state index in [1.54, 1.807) is 0 Å². The monoisotopic (exact) mass is 257 g/mol. The first kappa shape index (κ1) is 13.9. The molecule has 1 fully saturated rings. The van der Waals surface area contributed by atoms with Crippen molar-refractivity contribution >= 4 is 5.69 Å². The van der Waals surface area contributed by atoms with Crippen LogP contribution < -0.4 is 5.32 Å². The summed E-state index contributed by atoms with van der Waals surface area (Å²) in [6.45, 7) is 9.84. The second-order valence-corrected chi connectivity index (χ2v) is 5.79. The van der Waals surface area contributed by atoms with Gasteiger partial charge >= 0.3 is 0 Å². The number of likely N-dealkylation sites (tertiary alicyclic amines) is 1. The molecule has 1 heterocycles. The fourth-order valence-electron chi connectivity index (χ4n) is 2.66. The summed E-state index contributed by atoms with van der Waals surface area (Å²) >= 11 is 0.